The third-order valence-corrected chi connectivity index (χ3v) is 4.35. The number of benzene rings is 2. The second-order valence-electron chi connectivity index (χ2n) is 5.81. The van der Waals surface area contributed by atoms with Gasteiger partial charge >= 0.3 is 7.05 Å². The lowest BCUT2D eigenvalue weighted by Crippen LogP contribution is -2.47. The monoisotopic (exact) mass is 277 g/mol. The van der Waals surface area contributed by atoms with Gasteiger partial charge in [-0.1, -0.05) is 66.7 Å². The van der Waals surface area contributed by atoms with Crippen LogP contribution in [0.4, 0.5) is 0 Å². The summed E-state index contributed by atoms with van der Waals surface area (Å²) < 4.78 is 0. The fourth-order valence-electron chi connectivity index (χ4n) is 3.19. The lowest BCUT2D eigenvalue weighted by molar-refractivity contribution is 0.273. The first-order valence-electron chi connectivity index (χ1n) is 7.39. The Morgan fingerprint density at radius 1 is 1.00 bits per heavy atom. The minimum atomic E-state index is -0.493. The molecule has 0 saturated carbocycles. The molecule has 0 saturated heterocycles. The molecule has 0 amide bonds. The van der Waals surface area contributed by atoms with Crippen molar-refractivity contribution in [2.75, 3.05) is 6.54 Å². The fraction of sp³-hybridized carbons (Fsp3) is 0.222. The van der Waals surface area contributed by atoms with Crippen LogP contribution in [0, 0.1) is 0 Å². The maximum atomic E-state index is 10.2. The highest BCUT2D eigenvalue weighted by atomic mass is 16.2. The first-order valence-corrected chi connectivity index (χ1v) is 7.39. The highest BCUT2D eigenvalue weighted by Gasteiger charge is 2.41. The normalized spacial score (nSPS) is 22.1. The fourth-order valence-corrected chi connectivity index (χ4v) is 3.19. The number of rotatable bonds is 3. The summed E-state index contributed by atoms with van der Waals surface area (Å²) in [5.74, 6) is 0. The molecule has 0 radical (unpaired) electrons. The van der Waals surface area contributed by atoms with Gasteiger partial charge < -0.3 is 9.83 Å². The Bertz CT molecular complexity index is 639. The average Bonchev–Trinajstić information content (AvgIpc) is 2.89. The van der Waals surface area contributed by atoms with Crippen LogP contribution in [0.15, 0.2) is 66.7 Å². The molecule has 1 aliphatic heterocycles. The third kappa shape index (κ3) is 2.55. The predicted octanol–water partition coefficient (Wildman–Crippen LogP) is 3.41. The van der Waals surface area contributed by atoms with Gasteiger partial charge in [-0.2, -0.15) is 0 Å². The Balaban J connectivity index is 2.06. The Labute approximate surface area is 126 Å². The molecule has 0 bridgehead atoms. The number of hydrogen-bond donors (Lipinski definition) is 1. The van der Waals surface area contributed by atoms with Crippen molar-refractivity contribution in [1.82, 2.24) is 4.81 Å². The van der Waals surface area contributed by atoms with Gasteiger partial charge in [0.05, 0.1) is 5.54 Å². The van der Waals surface area contributed by atoms with Crippen LogP contribution >= 0.6 is 0 Å². The molecule has 3 rings (SSSR count). The van der Waals surface area contributed by atoms with Gasteiger partial charge in [-0.05, 0) is 30.4 Å². The van der Waals surface area contributed by atoms with Gasteiger partial charge in [-0.15, -0.1) is 0 Å². The second kappa shape index (κ2) is 5.51. The van der Waals surface area contributed by atoms with Gasteiger partial charge in [0.2, 0.25) is 0 Å². The van der Waals surface area contributed by atoms with Crippen molar-refractivity contribution >= 4 is 12.6 Å². The summed E-state index contributed by atoms with van der Waals surface area (Å²) in [6.45, 7) is 4.76. The van der Waals surface area contributed by atoms with Crippen molar-refractivity contribution in [1.29, 1.82) is 0 Å². The van der Waals surface area contributed by atoms with Gasteiger partial charge in [-0.3, -0.25) is 0 Å². The zero-order valence-corrected chi connectivity index (χ0v) is 12.5. The average molecular weight is 277 g/mol. The molecule has 1 heterocycles. The van der Waals surface area contributed by atoms with Crippen LogP contribution in [0.1, 0.15) is 18.1 Å². The van der Waals surface area contributed by atoms with Crippen LogP contribution in [0.3, 0.4) is 0 Å². The molecule has 0 aliphatic carbocycles. The molecule has 2 aromatic rings. The van der Waals surface area contributed by atoms with Crippen molar-refractivity contribution < 1.29 is 5.02 Å². The molecule has 1 atom stereocenters. The summed E-state index contributed by atoms with van der Waals surface area (Å²) in [5, 5.41) is 10.2. The lowest BCUT2D eigenvalue weighted by atomic mass is 9.77. The minimum Gasteiger partial charge on any atom is -0.437 e. The van der Waals surface area contributed by atoms with E-state index in [9.17, 15) is 5.02 Å². The van der Waals surface area contributed by atoms with E-state index in [1.54, 1.807) is 0 Å². The second-order valence-corrected chi connectivity index (χ2v) is 5.81. The van der Waals surface area contributed by atoms with E-state index in [1.807, 2.05) is 19.0 Å². The molecular formula is C18H20BNO. The summed E-state index contributed by atoms with van der Waals surface area (Å²) in [5.41, 5.74) is 3.42. The maximum absolute atomic E-state index is 10.2. The zero-order valence-electron chi connectivity index (χ0n) is 12.5. The van der Waals surface area contributed by atoms with Gasteiger partial charge in [0.25, 0.3) is 0 Å². The summed E-state index contributed by atoms with van der Waals surface area (Å²) in [6.07, 6.45) is 2.28. The van der Waals surface area contributed by atoms with Crippen molar-refractivity contribution in [3.63, 3.8) is 0 Å². The van der Waals surface area contributed by atoms with Crippen LogP contribution in [0.2, 0.25) is 6.82 Å². The van der Waals surface area contributed by atoms with E-state index in [1.165, 1.54) is 16.7 Å². The van der Waals surface area contributed by atoms with Crippen LogP contribution in [0.25, 0.3) is 5.57 Å². The Morgan fingerprint density at radius 3 is 2.14 bits per heavy atom. The van der Waals surface area contributed by atoms with Gasteiger partial charge in [0.1, 0.15) is 0 Å². The van der Waals surface area contributed by atoms with E-state index in [2.05, 4.69) is 66.3 Å². The Morgan fingerprint density at radius 2 is 1.57 bits per heavy atom. The standard InChI is InChI=1S/C18H20BNO/c1-18(17-11-7-4-8-12-17)13-16(14-20(18)19(2)21)15-9-5-3-6-10-15/h3-13,21H,14H2,1-2H3. The maximum Gasteiger partial charge on any atom is 0.377 e. The highest BCUT2D eigenvalue weighted by Crippen LogP contribution is 2.39. The van der Waals surface area contributed by atoms with E-state index in [-0.39, 0.29) is 5.54 Å². The van der Waals surface area contributed by atoms with E-state index >= 15 is 0 Å². The summed E-state index contributed by atoms with van der Waals surface area (Å²) in [7, 11) is -0.493. The summed E-state index contributed by atoms with van der Waals surface area (Å²) >= 11 is 0. The molecule has 1 N–H and O–H groups in total. The van der Waals surface area contributed by atoms with Gasteiger partial charge in [0, 0.05) is 6.54 Å². The summed E-state index contributed by atoms with van der Waals surface area (Å²) in [4.78, 5) is 2.13. The van der Waals surface area contributed by atoms with Crippen LogP contribution in [-0.2, 0) is 5.54 Å². The topological polar surface area (TPSA) is 23.5 Å². The number of hydrogen-bond acceptors (Lipinski definition) is 2. The Kier molecular flexibility index (Phi) is 3.70. The molecule has 0 aromatic heterocycles. The quantitative estimate of drug-likeness (QED) is 0.869. The molecule has 2 aromatic carbocycles. The van der Waals surface area contributed by atoms with Crippen molar-refractivity contribution in [2.45, 2.75) is 19.3 Å². The zero-order chi connectivity index (χ0) is 14.9. The molecular weight excluding hydrogens is 257 g/mol. The molecule has 106 valence electrons. The molecule has 0 spiro atoms. The Hall–Kier alpha value is -1.84. The van der Waals surface area contributed by atoms with Gasteiger partial charge in [0.15, 0.2) is 0 Å². The largest absolute Gasteiger partial charge is 0.437 e. The molecule has 1 aliphatic rings. The van der Waals surface area contributed by atoms with Crippen molar-refractivity contribution in [2.24, 2.45) is 0 Å². The smallest absolute Gasteiger partial charge is 0.377 e. The first kappa shape index (κ1) is 14.1. The van der Waals surface area contributed by atoms with E-state index in [0.717, 1.165) is 6.54 Å². The molecule has 1 unspecified atom stereocenters. The third-order valence-electron chi connectivity index (χ3n) is 4.35. The van der Waals surface area contributed by atoms with Crippen molar-refractivity contribution in [3.05, 3.63) is 77.9 Å². The van der Waals surface area contributed by atoms with E-state index in [0.29, 0.717) is 0 Å². The SMILES string of the molecule is CB(O)N1CC(c2ccccc2)=CC1(C)c1ccccc1. The molecule has 21 heavy (non-hydrogen) atoms. The van der Waals surface area contributed by atoms with E-state index in [4.69, 9.17) is 0 Å². The predicted molar refractivity (Wildman–Crippen MR) is 88.8 cm³/mol. The molecule has 0 fully saturated rings. The highest BCUT2D eigenvalue weighted by molar-refractivity contribution is 6.46. The van der Waals surface area contributed by atoms with Crippen molar-refractivity contribution in [3.8, 4) is 0 Å². The molecule has 3 heteroatoms. The number of nitrogens with zero attached hydrogens (tertiary/aromatic N) is 1. The van der Waals surface area contributed by atoms with Gasteiger partial charge in [-0.25, -0.2) is 0 Å². The van der Waals surface area contributed by atoms with Crippen LogP contribution in [-0.4, -0.2) is 23.4 Å². The van der Waals surface area contributed by atoms with Crippen LogP contribution in [0.5, 0.6) is 0 Å². The summed E-state index contributed by atoms with van der Waals surface area (Å²) in [6, 6.07) is 20.8. The van der Waals surface area contributed by atoms with Crippen LogP contribution < -0.4 is 0 Å². The first-order chi connectivity index (χ1) is 10.1. The minimum absolute atomic E-state index is 0.277. The molecule has 2 nitrogen and oxygen atoms in total. The lowest BCUT2D eigenvalue weighted by Gasteiger charge is -2.36. The van der Waals surface area contributed by atoms with E-state index < -0.39 is 7.05 Å².